The third-order valence-electron chi connectivity index (χ3n) is 4.69. The van der Waals surface area contributed by atoms with Crippen LogP contribution in [0, 0.1) is 0 Å². The van der Waals surface area contributed by atoms with Gasteiger partial charge >= 0.3 is 128 Å². The monoisotopic (exact) mass is 402 g/mol. The molecule has 0 fully saturated rings. The van der Waals surface area contributed by atoms with Crippen LogP contribution in [0.1, 0.15) is 65.2 Å². The van der Waals surface area contributed by atoms with E-state index in [1.165, 1.54) is 51.4 Å². The fourth-order valence-corrected chi connectivity index (χ4v) is 5.72. The van der Waals surface area contributed by atoms with Gasteiger partial charge in [-0.15, -0.1) is 0 Å². The fraction of sp³-hybridized carbons (Fsp3) is 0.417. The molecule has 0 spiro atoms. The summed E-state index contributed by atoms with van der Waals surface area (Å²) in [5.74, 6) is 0. The second kappa shape index (κ2) is 12.5. The summed E-state index contributed by atoms with van der Waals surface area (Å²) in [4.78, 5) is 0. The molecular weight excluding hydrogens is 372 g/mol. The van der Waals surface area contributed by atoms with Gasteiger partial charge in [-0.1, -0.05) is 29.8 Å². The van der Waals surface area contributed by atoms with E-state index in [4.69, 9.17) is 11.6 Å². The molecule has 26 heavy (non-hydrogen) atoms. The number of benzene rings is 1. The molecule has 2 heteroatoms. The number of allylic oxidation sites excluding steroid dienone is 8. The van der Waals surface area contributed by atoms with Crippen molar-refractivity contribution in [2.24, 2.45) is 0 Å². The molecule has 0 nitrogen and oxygen atoms in total. The molecular formula is C24H31ClTi. The van der Waals surface area contributed by atoms with E-state index in [-0.39, 0.29) is 19.2 Å². The summed E-state index contributed by atoms with van der Waals surface area (Å²) in [6.07, 6.45) is 20.1. The summed E-state index contributed by atoms with van der Waals surface area (Å²) in [7, 11) is 0. The van der Waals surface area contributed by atoms with Crippen LogP contribution in [-0.4, -0.2) is 0 Å². The Labute approximate surface area is 174 Å². The van der Waals surface area contributed by atoms with E-state index in [2.05, 4.69) is 38.2 Å². The van der Waals surface area contributed by atoms with Crippen LogP contribution in [0.15, 0.2) is 73.5 Å². The molecule has 0 N–H and O–H groups in total. The van der Waals surface area contributed by atoms with Crippen LogP contribution in [0.3, 0.4) is 0 Å². The van der Waals surface area contributed by atoms with Gasteiger partial charge in [0.2, 0.25) is 0 Å². The molecule has 0 saturated heterocycles. The van der Waals surface area contributed by atoms with Crippen molar-refractivity contribution < 1.29 is 19.2 Å². The van der Waals surface area contributed by atoms with Crippen LogP contribution >= 0.6 is 11.6 Å². The van der Waals surface area contributed by atoms with Gasteiger partial charge in [0, 0.05) is 5.02 Å². The van der Waals surface area contributed by atoms with Crippen LogP contribution < -0.4 is 0 Å². The van der Waals surface area contributed by atoms with E-state index < -0.39 is 0 Å². The zero-order valence-electron chi connectivity index (χ0n) is 16.2. The summed E-state index contributed by atoms with van der Waals surface area (Å²) >= 11 is 5.53. The summed E-state index contributed by atoms with van der Waals surface area (Å²) in [5.41, 5.74) is 3.38. The zero-order chi connectivity index (χ0) is 18.6. The van der Waals surface area contributed by atoms with Crippen molar-refractivity contribution in [1.29, 1.82) is 0 Å². The molecule has 0 aliphatic heterocycles. The molecule has 0 heterocycles. The van der Waals surface area contributed by atoms with Gasteiger partial charge in [-0.3, -0.25) is 0 Å². The average molecular weight is 403 g/mol. The Morgan fingerprint density at radius 1 is 0.808 bits per heavy atom. The number of hydrogen-bond acceptors (Lipinski definition) is 0. The van der Waals surface area contributed by atoms with Crippen LogP contribution in [0.5, 0.6) is 0 Å². The standard InChI is InChI=1S/2C9H13.C6H5Cl.Ti/c2*1-2-3-6-9-7-4-5-8-9;7-6-4-2-1-3-5-6;/h2*4,7H,2-3,5-6H2,1H3;1-5H;. The summed E-state index contributed by atoms with van der Waals surface area (Å²) in [6.45, 7) is 4.59. The molecule has 2 aliphatic carbocycles. The van der Waals surface area contributed by atoms with Gasteiger partial charge in [-0.2, -0.15) is 0 Å². The third kappa shape index (κ3) is 7.43. The Kier molecular flexibility index (Phi) is 10.4. The number of unbranched alkanes of at least 4 members (excludes halogenated alkanes) is 2. The van der Waals surface area contributed by atoms with Crippen LogP contribution in [0.4, 0.5) is 0 Å². The van der Waals surface area contributed by atoms with Gasteiger partial charge in [-0.25, -0.2) is 0 Å². The van der Waals surface area contributed by atoms with Crippen molar-refractivity contribution >= 4 is 11.6 Å². The molecule has 138 valence electrons. The fourth-order valence-electron chi connectivity index (χ4n) is 3.16. The Morgan fingerprint density at radius 2 is 1.31 bits per heavy atom. The van der Waals surface area contributed by atoms with Crippen LogP contribution in [0.2, 0.25) is 5.02 Å². The molecule has 0 aromatic heterocycles. The van der Waals surface area contributed by atoms with Crippen molar-refractivity contribution in [2.75, 3.05) is 0 Å². The molecule has 2 aliphatic rings. The van der Waals surface area contributed by atoms with Gasteiger partial charge in [0.05, 0.1) is 0 Å². The maximum Gasteiger partial charge on any atom is 0.0405 e. The smallest absolute Gasteiger partial charge is 0.0405 e. The van der Waals surface area contributed by atoms with Crippen molar-refractivity contribution in [3.63, 3.8) is 0 Å². The van der Waals surface area contributed by atoms with Gasteiger partial charge in [-0.05, 0) is 12.1 Å². The second-order valence-electron chi connectivity index (χ2n) is 6.85. The van der Waals surface area contributed by atoms with Crippen molar-refractivity contribution in [3.05, 3.63) is 78.6 Å². The third-order valence-corrected chi connectivity index (χ3v) is 7.53. The van der Waals surface area contributed by atoms with Gasteiger partial charge in [0.25, 0.3) is 0 Å². The van der Waals surface area contributed by atoms with E-state index in [1.54, 1.807) is 11.1 Å². The van der Waals surface area contributed by atoms with Crippen LogP contribution in [-0.2, 0) is 19.2 Å². The van der Waals surface area contributed by atoms with Gasteiger partial charge in [0.1, 0.15) is 0 Å². The van der Waals surface area contributed by atoms with Gasteiger partial charge in [0.15, 0.2) is 0 Å². The topological polar surface area (TPSA) is 0 Å². The molecule has 1 aromatic rings. The predicted octanol–water partition coefficient (Wildman–Crippen LogP) is 8.22. The number of hydrogen-bond donors (Lipinski definition) is 0. The van der Waals surface area contributed by atoms with E-state index >= 15 is 0 Å². The number of halogens is 1. The maximum absolute atomic E-state index is 5.54. The first-order chi connectivity index (χ1) is 12.7. The minimum Gasteiger partial charge on any atom is -0.0843 e. The predicted molar refractivity (Wildman–Crippen MR) is 112 cm³/mol. The average Bonchev–Trinajstić information content (AvgIpc) is 3.29. The molecule has 0 bridgehead atoms. The minimum absolute atomic E-state index is 0.0137. The largest absolute Gasteiger partial charge is 0.0843 e. The number of rotatable bonds is 8. The molecule has 0 radical (unpaired) electrons. The maximum atomic E-state index is 5.54. The van der Waals surface area contributed by atoms with E-state index in [9.17, 15) is 0 Å². The summed E-state index contributed by atoms with van der Waals surface area (Å²) in [6, 6.07) is 9.44. The van der Waals surface area contributed by atoms with Crippen molar-refractivity contribution in [3.8, 4) is 0 Å². The molecule has 0 amide bonds. The summed E-state index contributed by atoms with van der Waals surface area (Å²) in [5, 5.41) is 0.794. The molecule has 0 unspecified atom stereocenters. The Balaban J connectivity index is 0.000000290. The van der Waals surface area contributed by atoms with E-state index in [1.807, 2.05) is 38.1 Å². The quantitative estimate of drug-likeness (QED) is 0.384. The normalized spacial score (nSPS) is 15.5. The van der Waals surface area contributed by atoms with E-state index in [0.29, 0.717) is 0 Å². The van der Waals surface area contributed by atoms with Crippen molar-refractivity contribution in [1.82, 2.24) is 0 Å². The van der Waals surface area contributed by atoms with Gasteiger partial charge < -0.3 is 0 Å². The first-order valence-electron chi connectivity index (χ1n) is 9.99. The van der Waals surface area contributed by atoms with Crippen LogP contribution in [0.25, 0.3) is 0 Å². The Morgan fingerprint density at radius 3 is 1.69 bits per heavy atom. The molecule has 3 rings (SSSR count). The summed E-state index contributed by atoms with van der Waals surface area (Å²) < 4.78 is 3.64. The SMILES string of the molecule is CCCCC1=[C]([Ti][C]2=C(CCCC)C=CC2)CC=C1.Clc1ccccc1. The first-order valence-corrected chi connectivity index (χ1v) is 11.9. The first kappa shape index (κ1) is 21.5. The zero-order valence-corrected chi connectivity index (χ0v) is 18.5. The molecule has 1 aromatic carbocycles. The second-order valence-corrected chi connectivity index (χ2v) is 9.56. The molecule has 0 atom stereocenters. The minimum atomic E-state index is -0.0137. The van der Waals surface area contributed by atoms with Crippen molar-refractivity contribution in [2.45, 2.75) is 65.2 Å². The Bertz CT molecular complexity index is 625. The molecule has 0 saturated carbocycles. The Hall–Kier alpha value is -0.816. The van der Waals surface area contributed by atoms with E-state index in [0.717, 1.165) is 5.02 Å².